The van der Waals surface area contributed by atoms with E-state index in [1.54, 1.807) is 24.3 Å². The number of hydrogen-bond donors (Lipinski definition) is 1. The molecule has 1 aliphatic heterocycles. The van der Waals surface area contributed by atoms with Crippen molar-refractivity contribution in [3.05, 3.63) is 107 Å². The molecule has 1 heterocycles. The fraction of sp³-hybridized carbons (Fsp3) is 0.379. The van der Waals surface area contributed by atoms with E-state index in [0.29, 0.717) is 6.61 Å². The molecule has 34 heavy (non-hydrogen) atoms. The summed E-state index contributed by atoms with van der Waals surface area (Å²) in [5.41, 5.74) is 3.18. The first-order chi connectivity index (χ1) is 16.4. The van der Waals surface area contributed by atoms with Crippen LogP contribution in [0.3, 0.4) is 0 Å². The number of ether oxygens (including phenoxy) is 1. The Kier molecular flexibility index (Phi) is 8.09. The molecule has 0 bridgehead atoms. The lowest BCUT2D eigenvalue weighted by Gasteiger charge is -2.38. The summed E-state index contributed by atoms with van der Waals surface area (Å²) in [6, 6.07) is 20.7. The fourth-order valence-corrected chi connectivity index (χ4v) is 4.60. The summed E-state index contributed by atoms with van der Waals surface area (Å²) < 4.78 is 32.9. The van der Waals surface area contributed by atoms with E-state index in [9.17, 15) is 13.9 Å². The lowest BCUT2D eigenvalue weighted by molar-refractivity contribution is -0.0266. The number of likely N-dealkylation sites (tertiary alicyclic amines) is 1. The lowest BCUT2D eigenvalue weighted by Crippen LogP contribution is -2.42. The van der Waals surface area contributed by atoms with Crippen molar-refractivity contribution in [1.82, 2.24) is 4.90 Å². The summed E-state index contributed by atoms with van der Waals surface area (Å²) in [6.07, 6.45) is 2.99. The van der Waals surface area contributed by atoms with E-state index in [0.717, 1.165) is 62.0 Å². The van der Waals surface area contributed by atoms with Crippen LogP contribution in [-0.4, -0.2) is 36.2 Å². The molecule has 1 N–H and O–H groups in total. The number of nitrogens with zero attached hydrogens (tertiary/aromatic N) is 1. The predicted octanol–water partition coefficient (Wildman–Crippen LogP) is 6.14. The number of piperidine rings is 1. The molecule has 1 fully saturated rings. The number of unbranched alkanes of at least 4 members (excludes halogenated alkanes) is 1. The van der Waals surface area contributed by atoms with Crippen molar-refractivity contribution >= 4 is 0 Å². The standard InChI is InChI=1S/C29H33F2NO2/c1-22-4-10-25(11-5-22)29(33)16-19-32(20-17-29)18-2-3-21-34-28(23-6-12-26(30)13-7-23)24-8-14-27(31)15-9-24/h4-15,28,33H,2-3,16-21H2,1H3. The zero-order valence-electron chi connectivity index (χ0n) is 19.7. The number of halogens is 2. The number of aliphatic hydroxyl groups is 1. The van der Waals surface area contributed by atoms with E-state index in [2.05, 4.69) is 24.0 Å². The lowest BCUT2D eigenvalue weighted by atomic mass is 9.84. The van der Waals surface area contributed by atoms with Gasteiger partial charge in [-0.25, -0.2) is 8.78 Å². The third-order valence-corrected chi connectivity index (χ3v) is 6.77. The fourth-order valence-electron chi connectivity index (χ4n) is 4.60. The summed E-state index contributed by atoms with van der Waals surface area (Å²) in [6.45, 7) is 5.32. The highest BCUT2D eigenvalue weighted by atomic mass is 19.1. The molecule has 1 saturated heterocycles. The second-order valence-corrected chi connectivity index (χ2v) is 9.30. The van der Waals surface area contributed by atoms with Crippen molar-refractivity contribution in [2.24, 2.45) is 0 Å². The van der Waals surface area contributed by atoms with E-state index in [1.807, 2.05) is 12.1 Å². The Hall–Kier alpha value is -2.60. The molecule has 3 aromatic rings. The second kappa shape index (κ2) is 11.2. The van der Waals surface area contributed by atoms with Gasteiger partial charge in [0.15, 0.2) is 0 Å². The first-order valence-electron chi connectivity index (χ1n) is 12.1. The highest BCUT2D eigenvalue weighted by molar-refractivity contribution is 5.30. The van der Waals surface area contributed by atoms with Gasteiger partial charge in [-0.15, -0.1) is 0 Å². The highest BCUT2D eigenvalue weighted by Crippen LogP contribution is 2.33. The molecule has 5 heteroatoms. The van der Waals surface area contributed by atoms with Crippen molar-refractivity contribution in [1.29, 1.82) is 0 Å². The molecule has 0 amide bonds. The summed E-state index contributed by atoms with van der Waals surface area (Å²) in [4.78, 5) is 2.40. The molecule has 0 saturated carbocycles. The first-order valence-corrected chi connectivity index (χ1v) is 12.1. The first kappa shape index (κ1) is 24.5. The smallest absolute Gasteiger partial charge is 0.123 e. The van der Waals surface area contributed by atoms with Crippen LogP contribution in [0.5, 0.6) is 0 Å². The zero-order valence-corrected chi connectivity index (χ0v) is 19.7. The van der Waals surface area contributed by atoms with Crippen LogP contribution in [0, 0.1) is 18.6 Å². The normalized spacial score (nSPS) is 16.1. The Morgan fingerprint density at radius 3 is 1.88 bits per heavy atom. The van der Waals surface area contributed by atoms with Crippen LogP contribution in [0.2, 0.25) is 0 Å². The zero-order chi connectivity index (χ0) is 24.0. The van der Waals surface area contributed by atoms with E-state index in [-0.39, 0.29) is 17.7 Å². The number of aryl methyl sites for hydroxylation is 1. The van der Waals surface area contributed by atoms with Gasteiger partial charge in [0.05, 0.1) is 5.60 Å². The van der Waals surface area contributed by atoms with Gasteiger partial charge in [0.25, 0.3) is 0 Å². The maximum atomic E-state index is 13.4. The average molecular weight is 466 g/mol. The summed E-state index contributed by atoms with van der Waals surface area (Å²) in [5, 5.41) is 11.1. The van der Waals surface area contributed by atoms with E-state index in [1.165, 1.54) is 29.8 Å². The third-order valence-electron chi connectivity index (χ3n) is 6.77. The maximum absolute atomic E-state index is 13.4. The Balaban J connectivity index is 1.24. The van der Waals surface area contributed by atoms with E-state index >= 15 is 0 Å². The molecule has 1 aliphatic rings. The average Bonchev–Trinajstić information content (AvgIpc) is 2.84. The number of hydrogen-bond acceptors (Lipinski definition) is 3. The molecule has 0 spiro atoms. The minimum atomic E-state index is -0.731. The summed E-state index contributed by atoms with van der Waals surface area (Å²) in [5.74, 6) is -0.588. The summed E-state index contributed by atoms with van der Waals surface area (Å²) in [7, 11) is 0. The van der Waals surface area contributed by atoms with Gasteiger partial charge < -0.3 is 14.7 Å². The van der Waals surface area contributed by atoms with Gasteiger partial charge >= 0.3 is 0 Å². The van der Waals surface area contributed by atoms with Crippen LogP contribution in [0.15, 0.2) is 72.8 Å². The van der Waals surface area contributed by atoms with Crippen LogP contribution in [0.25, 0.3) is 0 Å². The van der Waals surface area contributed by atoms with Crippen molar-refractivity contribution in [3.8, 4) is 0 Å². The topological polar surface area (TPSA) is 32.7 Å². The van der Waals surface area contributed by atoms with Gasteiger partial charge in [-0.1, -0.05) is 54.1 Å². The molecule has 0 radical (unpaired) electrons. The molecule has 0 unspecified atom stereocenters. The van der Waals surface area contributed by atoms with Crippen LogP contribution in [-0.2, 0) is 10.3 Å². The minimum absolute atomic E-state index is 0.294. The van der Waals surface area contributed by atoms with Gasteiger partial charge in [-0.05, 0) is 80.1 Å². The van der Waals surface area contributed by atoms with Gasteiger partial charge in [0, 0.05) is 19.7 Å². The maximum Gasteiger partial charge on any atom is 0.123 e. The molecular formula is C29H33F2NO2. The van der Waals surface area contributed by atoms with Gasteiger partial charge in [0.1, 0.15) is 17.7 Å². The Bertz CT molecular complexity index is 982. The molecule has 0 aromatic heterocycles. The Morgan fingerprint density at radius 2 is 1.35 bits per heavy atom. The molecule has 0 atom stereocenters. The van der Waals surface area contributed by atoms with Crippen molar-refractivity contribution in [3.63, 3.8) is 0 Å². The number of benzene rings is 3. The van der Waals surface area contributed by atoms with Crippen molar-refractivity contribution in [2.75, 3.05) is 26.2 Å². The van der Waals surface area contributed by atoms with Crippen molar-refractivity contribution in [2.45, 2.75) is 44.3 Å². The molecule has 3 nitrogen and oxygen atoms in total. The monoisotopic (exact) mass is 465 g/mol. The molecular weight excluding hydrogens is 432 g/mol. The Morgan fingerprint density at radius 1 is 0.824 bits per heavy atom. The Labute approximate surface area is 201 Å². The minimum Gasteiger partial charge on any atom is -0.385 e. The van der Waals surface area contributed by atoms with Crippen LogP contribution in [0.1, 0.15) is 54.0 Å². The van der Waals surface area contributed by atoms with Crippen LogP contribution < -0.4 is 0 Å². The van der Waals surface area contributed by atoms with Gasteiger partial charge in [-0.3, -0.25) is 0 Å². The van der Waals surface area contributed by atoms with Crippen LogP contribution >= 0.6 is 0 Å². The largest absolute Gasteiger partial charge is 0.385 e. The SMILES string of the molecule is Cc1ccc(C2(O)CCN(CCCCOC(c3ccc(F)cc3)c3ccc(F)cc3)CC2)cc1. The van der Waals surface area contributed by atoms with Gasteiger partial charge in [0.2, 0.25) is 0 Å². The van der Waals surface area contributed by atoms with Gasteiger partial charge in [-0.2, -0.15) is 0 Å². The highest BCUT2D eigenvalue weighted by Gasteiger charge is 2.33. The van der Waals surface area contributed by atoms with E-state index < -0.39 is 5.60 Å². The number of rotatable bonds is 9. The second-order valence-electron chi connectivity index (χ2n) is 9.30. The molecule has 180 valence electrons. The van der Waals surface area contributed by atoms with Crippen molar-refractivity contribution < 1.29 is 18.6 Å². The van der Waals surface area contributed by atoms with E-state index in [4.69, 9.17) is 4.74 Å². The van der Waals surface area contributed by atoms with Crippen LogP contribution in [0.4, 0.5) is 8.78 Å². The molecule has 0 aliphatic carbocycles. The third kappa shape index (κ3) is 6.29. The summed E-state index contributed by atoms with van der Waals surface area (Å²) >= 11 is 0. The molecule has 4 rings (SSSR count). The predicted molar refractivity (Wildman–Crippen MR) is 131 cm³/mol. The molecule has 3 aromatic carbocycles. The quantitative estimate of drug-likeness (QED) is 0.385.